The highest BCUT2D eigenvalue weighted by atomic mass is 32.1. The van der Waals surface area contributed by atoms with Gasteiger partial charge in [0.1, 0.15) is 6.20 Å². The molecule has 11 heteroatoms. The van der Waals surface area contributed by atoms with Crippen LogP contribution in [0.4, 0.5) is 11.6 Å². The summed E-state index contributed by atoms with van der Waals surface area (Å²) in [6, 6.07) is 0. The number of rotatable bonds is 4. The van der Waals surface area contributed by atoms with Crippen LogP contribution in [-0.4, -0.2) is 55.5 Å². The van der Waals surface area contributed by atoms with Crippen LogP contribution in [-0.2, 0) is 6.54 Å². The molecule has 0 radical (unpaired) electrons. The maximum atomic E-state index is 11.4. The van der Waals surface area contributed by atoms with E-state index in [1.807, 2.05) is 4.90 Å². The number of thiazole rings is 1. The van der Waals surface area contributed by atoms with Gasteiger partial charge in [-0.25, -0.2) is 0 Å². The normalized spacial score (nSPS) is 16.1. The van der Waals surface area contributed by atoms with E-state index in [2.05, 4.69) is 20.0 Å². The second-order valence-electron chi connectivity index (χ2n) is 5.56. The van der Waals surface area contributed by atoms with Crippen molar-refractivity contribution in [2.75, 3.05) is 31.1 Å². The summed E-state index contributed by atoms with van der Waals surface area (Å²) in [5, 5.41) is 17.1. The van der Waals surface area contributed by atoms with Gasteiger partial charge < -0.3 is 19.5 Å². The largest absolute Gasteiger partial charge is 0.373 e. The maximum Gasteiger partial charge on any atom is 0.373 e. The van der Waals surface area contributed by atoms with Crippen molar-refractivity contribution in [2.45, 2.75) is 13.5 Å². The molecule has 1 aliphatic heterocycles. The summed E-state index contributed by atoms with van der Waals surface area (Å²) >= 11 is 1.39. The monoisotopic (exact) mass is 349 g/mol. The van der Waals surface area contributed by atoms with E-state index >= 15 is 0 Å². The molecule has 3 aromatic heterocycles. The van der Waals surface area contributed by atoms with Gasteiger partial charge in [-0.3, -0.25) is 4.90 Å². The van der Waals surface area contributed by atoms with Crippen molar-refractivity contribution in [1.29, 1.82) is 0 Å². The van der Waals surface area contributed by atoms with Crippen molar-refractivity contribution in [2.24, 2.45) is 0 Å². The average molecular weight is 349 g/mol. The predicted octanol–water partition coefficient (Wildman–Crippen LogP) is 1.32. The van der Waals surface area contributed by atoms with Crippen LogP contribution in [0.5, 0.6) is 0 Å². The summed E-state index contributed by atoms with van der Waals surface area (Å²) in [4.78, 5) is 24.5. The summed E-state index contributed by atoms with van der Waals surface area (Å²) in [6.07, 6.45) is 1.68. The third-order valence-electron chi connectivity index (χ3n) is 4.00. The minimum Gasteiger partial charge on any atom is -0.358 e. The molecule has 0 amide bonds. The Labute approximate surface area is 140 Å². The zero-order valence-corrected chi connectivity index (χ0v) is 13.8. The number of piperazine rings is 1. The molecular formula is C13H15N7O3S. The molecule has 0 bridgehead atoms. The Morgan fingerprint density at radius 3 is 2.79 bits per heavy atom. The molecule has 0 atom stereocenters. The van der Waals surface area contributed by atoms with Crippen LogP contribution < -0.4 is 4.90 Å². The van der Waals surface area contributed by atoms with Crippen molar-refractivity contribution < 1.29 is 9.45 Å². The van der Waals surface area contributed by atoms with E-state index < -0.39 is 0 Å². The number of nitrogens with zero attached hydrogens (tertiary/aromatic N) is 7. The van der Waals surface area contributed by atoms with Crippen LogP contribution in [0.2, 0.25) is 0 Å². The van der Waals surface area contributed by atoms with Crippen LogP contribution in [0.3, 0.4) is 0 Å². The zero-order chi connectivity index (χ0) is 16.7. The van der Waals surface area contributed by atoms with Crippen LogP contribution in [0.15, 0.2) is 16.1 Å². The fourth-order valence-corrected chi connectivity index (χ4v) is 3.57. The van der Waals surface area contributed by atoms with Gasteiger partial charge in [0.05, 0.1) is 6.54 Å². The number of hydrogen-bond acceptors (Lipinski definition) is 9. The van der Waals surface area contributed by atoms with Gasteiger partial charge in [0, 0.05) is 38.5 Å². The van der Waals surface area contributed by atoms with E-state index in [0.717, 1.165) is 13.1 Å². The molecule has 0 N–H and O–H groups in total. The first-order valence-corrected chi connectivity index (χ1v) is 8.36. The molecule has 1 fully saturated rings. The first-order chi connectivity index (χ1) is 11.6. The third kappa shape index (κ3) is 2.61. The van der Waals surface area contributed by atoms with E-state index in [0.29, 0.717) is 42.1 Å². The number of aryl methyl sites for hydroxylation is 1. The molecule has 1 aliphatic rings. The molecule has 0 spiro atoms. The highest BCUT2D eigenvalue weighted by molar-refractivity contribution is 7.15. The Balaban J connectivity index is 1.48. The molecule has 4 rings (SSSR count). The van der Waals surface area contributed by atoms with Gasteiger partial charge in [-0.2, -0.15) is 14.4 Å². The van der Waals surface area contributed by atoms with Gasteiger partial charge in [0.25, 0.3) is 4.96 Å². The van der Waals surface area contributed by atoms with Gasteiger partial charge in [0.2, 0.25) is 11.7 Å². The van der Waals surface area contributed by atoms with Gasteiger partial charge in [-0.1, -0.05) is 16.5 Å². The fourth-order valence-electron chi connectivity index (χ4n) is 2.87. The standard InChI is InChI=1S/C13H15N7O3S/c1-9-14-10(16-23-9)8-17-2-4-18(5-3-17)11-12(20(21)22)19-6-7-24-13(19)15-11/h6-7H,2-5,8H2,1H3. The van der Waals surface area contributed by atoms with Crippen molar-refractivity contribution in [1.82, 2.24) is 24.4 Å². The Morgan fingerprint density at radius 2 is 2.12 bits per heavy atom. The molecule has 0 unspecified atom stereocenters. The molecular weight excluding hydrogens is 334 g/mol. The lowest BCUT2D eigenvalue weighted by molar-refractivity contribution is -0.389. The van der Waals surface area contributed by atoms with Gasteiger partial charge in [-0.05, 0) is 4.92 Å². The fraction of sp³-hybridized carbons (Fsp3) is 0.462. The van der Waals surface area contributed by atoms with E-state index in [-0.39, 0.29) is 10.7 Å². The van der Waals surface area contributed by atoms with Gasteiger partial charge in [-0.15, -0.1) is 0 Å². The molecule has 10 nitrogen and oxygen atoms in total. The summed E-state index contributed by atoms with van der Waals surface area (Å²) in [5.74, 6) is 1.70. The second-order valence-corrected chi connectivity index (χ2v) is 6.44. The summed E-state index contributed by atoms with van der Waals surface area (Å²) in [6.45, 7) is 5.24. The Kier molecular flexibility index (Phi) is 3.65. The van der Waals surface area contributed by atoms with E-state index in [9.17, 15) is 10.1 Å². The summed E-state index contributed by atoms with van der Waals surface area (Å²) in [7, 11) is 0. The quantitative estimate of drug-likeness (QED) is 0.513. The molecule has 0 aliphatic carbocycles. The Morgan fingerprint density at radius 1 is 1.33 bits per heavy atom. The van der Waals surface area contributed by atoms with Gasteiger partial charge >= 0.3 is 5.82 Å². The number of fused-ring (bicyclic) bond motifs is 1. The van der Waals surface area contributed by atoms with Crippen molar-refractivity contribution in [3.63, 3.8) is 0 Å². The number of aromatic nitrogens is 4. The maximum absolute atomic E-state index is 11.4. The van der Waals surface area contributed by atoms with E-state index in [1.54, 1.807) is 18.5 Å². The lowest BCUT2D eigenvalue weighted by Crippen LogP contribution is -2.46. The number of hydrogen-bond donors (Lipinski definition) is 0. The SMILES string of the molecule is Cc1nc(CN2CCN(c3nc4sccn4c3[N+](=O)[O-])CC2)no1. The number of imidazole rings is 1. The Hall–Kier alpha value is -2.53. The molecule has 126 valence electrons. The average Bonchev–Trinajstić information content (AvgIpc) is 3.23. The van der Waals surface area contributed by atoms with Crippen molar-refractivity contribution in [3.8, 4) is 0 Å². The second kappa shape index (κ2) is 5.83. The Bertz CT molecular complexity index is 877. The van der Waals surface area contributed by atoms with Crippen molar-refractivity contribution >= 4 is 27.9 Å². The highest BCUT2D eigenvalue weighted by Gasteiger charge is 2.30. The van der Waals surface area contributed by atoms with Crippen LogP contribution in [0.1, 0.15) is 11.7 Å². The molecule has 4 heterocycles. The minimum absolute atomic E-state index is 0.0356. The molecule has 0 saturated carbocycles. The van der Waals surface area contributed by atoms with Crippen LogP contribution in [0.25, 0.3) is 4.96 Å². The highest BCUT2D eigenvalue weighted by Crippen LogP contribution is 2.31. The molecule has 3 aromatic rings. The number of anilines is 1. The third-order valence-corrected chi connectivity index (χ3v) is 4.76. The van der Waals surface area contributed by atoms with Crippen LogP contribution >= 0.6 is 11.3 Å². The lowest BCUT2D eigenvalue weighted by atomic mass is 10.3. The van der Waals surface area contributed by atoms with Gasteiger partial charge in [0.15, 0.2) is 5.82 Å². The van der Waals surface area contributed by atoms with Crippen molar-refractivity contribution in [3.05, 3.63) is 33.4 Å². The topological polar surface area (TPSA) is 106 Å². The molecule has 0 aromatic carbocycles. The molecule has 1 saturated heterocycles. The summed E-state index contributed by atoms with van der Waals surface area (Å²) < 4.78 is 6.51. The van der Waals surface area contributed by atoms with E-state index in [1.165, 1.54) is 15.7 Å². The number of nitro groups is 1. The first kappa shape index (κ1) is 15.0. The lowest BCUT2D eigenvalue weighted by Gasteiger charge is -2.33. The zero-order valence-electron chi connectivity index (χ0n) is 13.0. The predicted molar refractivity (Wildman–Crippen MR) is 86.2 cm³/mol. The van der Waals surface area contributed by atoms with E-state index in [4.69, 9.17) is 4.52 Å². The minimum atomic E-state index is -0.365. The molecule has 24 heavy (non-hydrogen) atoms. The summed E-state index contributed by atoms with van der Waals surface area (Å²) in [5.41, 5.74) is 0. The van der Waals surface area contributed by atoms with Crippen LogP contribution in [0, 0.1) is 17.0 Å². The smallest absolute Gasteiger partial charge is 0.358 e. The first-order valence-electron chi connectivity index (χ1n) is 7.48.